The first kappa shape index (κ1) is 16.1. The summed E-state index contributed by atoms with van der Waals surface area (Å²) in [7, 11) is 0. The number of rotatable bonds is 5. The van der Waals surface area contributed by atoms with E-state index in [1.807, 2.05) is 0 Å². The van der Waals surface area contributed by atoms with E-state index in [0.717, 1.165) is 24.9 Å². The van der Waals surface area contributed by atoms with E-state index in [1.165, 1.54) is 5.56 Å². The van der Waals surface area contributed by atoms with Crippen molar-refractivity contribution in [2.45, 2.75) is 25.7 Å². The molecule has 112 valence electrons. The molecule has 4 heteroatoms. The van der Waals surface area contributed by atoms with Gasteiger partial charge in [-0.25, -0.2) is 4.57 Å². The lowest BCUT2D eigenvalue weighted by Gasteiger charge is -2.07. The summed E-state index contributed by atoms with van der Waals surface area (Å²) < 4.78 is 13.2. The fraction of sp³-hybridized carbons (Fsp3) is 0.353. The maximum Gasteiger partial charge on any atom is 0.184 e. The van der Waals surface area contributed by atoms with Crippen LogP contribution in [-0.4, -0.2) is 13.2 Å². The molecule has 21 heavy (non-hydrogen) atoms. The number of aryl methyl sites for hydroxylation is 2. The van der Waals surface area contributed by atoms with Crippen LogP contribution in [-0.2, 0) is 22.4 Å². The van der Waals surface area contributed by atoms with E-state index in [0.29, 0.717) is 13.2 Å². The van der Waals surface area contributed by atoms with E-state index in [2.05, 4.69) is 59.4 Å². The zero-order valence-corrected chi connectivity index (χ0v) is 13.5. The Morgan fingerprint density at radius 1 is 0.952 bits per heavy atom. The van der Waals surface area contributed by atoms with Crippen molar-refractivity contribution in [3.05, 3.63) is 66.0 Å². The first-order valence-corrected chi connectivity index (χ1v) is 7.18. The van der Waals surface area contributed by atoms with Crippen LogP contribution >= 0.6 is 0 Å². The van der Waals surface area contributed by atoms with Gasteiger partial charge in [-0.2, -0.15) is 0 Å². The molecule has 1 aromatic heterocycles. The highest BCUT2D eigenvalue weighted by Gasteiger charge is 2.18. The van der Waals surface area contributed by atoms with Crippen molar-refractivity contribution in [2.75, 3.05) is 13.2 Å². The molecule has 0 atom stereocenters. The van der Waals surface area contributed by atoms with Crippen molar-refractivity contribution in [3.8, 4) is 0 Å². The van der Waals surface area contributed by atoms with Crippen LogP contribution in [0.4, 0.5) is 0 Å². The second-order valence-corrected chi connectivity index (χ2v) is 5.03. The number of nitrogens with zero attached hydrogens (tertiary/aromatic N) is 1. The zero-order valence-electron chi connectivity index (χ0n) is 12.0. The second-order valence-electron chi connectivity index (χ2n) is 5.03. The number of ether oxygens (including phenoxy) is 2. The molecule has 1 aliphatic heterocycles. The zero-order chi connectivity index (χ0) is 13.6. The van der Waals surface area contributed by atoms with Crippen LogP contribution < -0.4 is 21.5 Å². The van der Waals surface area contributed by atoms with E-state index < -0.39 is 0 Å². The van der Waals surface area contributed by atoms with Gasteiger partial charge in [-0.05, 0) is 12.0 Å². The largest absolute Gasteiger partial charge is 1.00 e. The Bertz CT molecular complexity index is 524. The summed E-state index contributed by atoms with van der Waals surface area (Å²) in [5, 5.41) is 0. The molecule has 0 N–H and O–H groups in total. The SMILES string of the molecule is [Br-].c1ccc(CCC[n+]2ccc(C3OCCO3)cc2)cc1. The van der Waals surface area contributed by atoms with E-state index in [1.54, 1.807) is 0 Å². The Balaban J connectivity index is 0.00000161. The van der Waals surface area contributed by atoms with Gasteiger partial charge in [0, 0.05) is 24.1 Å². The second kappa shape index (κ2) is 8.27. The number of benzene rings is 1. The summed E-state index contributed by atoms with van der Waals surface area (Å²) in [6.45, 7) is 2.41. The number of pyridine rings is 1. The molecule has 2 heterocycles. The molecular formula is C17H20BrNO2. The monoisotopic (exact) mass is 349 g/mol. The van der Waals surface area contributed by atoms with Crippen LogP contribution in [0, 0.1) is 0 Å². The van der Waals surface area contributed by atoms with Gasteiger partial charge in [-0.1, -0.05) is 30.3 Å². The van der Waals surface area contributed by atoms with Gasteiger partial charge >= 0.3 is 0 Å². The molecule has 1 saturated heterocycles. The summed E-state index contributed by atoms with van der Waals surface area (Å²) in [5.41, 5.74) is 2.50. The van der Waals surface area contributed by atoms with Crippen molar-refractivity contribution in [1.82, 2.24) is 0 Å². The van der Waals surface area contributed by atoms with Crippen LogP contribution in [0.2, 0.25) is 0 Å². The van der Waals surface area contributed by atoms with Crippen molar-refractivity contribution in [3.63, 3.8) is 0 Å². The molecular weight excluding hydrogens is 330 g/mol. The third-order valence-electron chi connectivity index (χ3n) is 3.54. The molecule has 1 fully saturated rings. The van der Waals surface area contributed by atoms with E-state index in [-0.39, 0.29) is 23.3 Å². The Morgan fingerprint density at radius 3 is 2.29 bits per heavy atom. The first-order chi connectivity index (χ1) is 9.92. The lowest BCUT2D eigenvalue weighted by atomic mass is 10.1. The maximum atomic E-state index is 5.49. The van der Waals surface area contributed by atoms with Gasteiger partial charge in [0.05, 0.1) is 13.2 Å². The average molecular weight is 350 g/mol. The molecule has 0 spiro atoms. The van der Waals surface area contributed by atoms with E-state index in [4.69, 9.17) is 9.47 Å². The molecule has 3 nitrogen and oxygen atoms in total. The highest BCUT2D eigenvalue weighted by molar-refractivity contribution is 5.14. The van der Waals surface area contributed by atoms with Crippen LogP contribution in [0.1, 0.15) is 23.8 Å². The Kier molecular flexibility index (Phi) is 6.36. The van der Waals surface area contributed by atoms with Gasteiger partial charge in [0.15, 0.2) is 18.7 Å². The van der Waals surface area contributed by atoms with Crippen LogP contribution in [0.5, 0.6) is 0 Å². The van der Waals surface area contributed by atoms with E-state index >= 15 is 0 Å². The van der Waals surface area contributed by atoms with Gasteiger partial charge in [0.1, 0.15) is 6.54 Å². The van der Waals surface area contributed by atoms with Gasteiger partial charge in [-0.15, -0.1) is 0 Å². The molecule has 0 bridgehead atoms. The molecule has 2 aromatic rings. The summed E-state index contributed by atoms with van der Waals surface area (Å²) in [6.07, 6.45) is 6.29. The molecule has 0 aliphatic carbocycles. The average Bonchev–Trinajstić information content (AvgIpc) is 3.03. The van der Waals surface area contributed by atoms with Crippen molar-refractivity contribution in [1.29, 1.82) is 0 Å². The summed E-state index contributed by atoms with van der Waals surface area (Å²) in [6, 6.07) is 14.8. The normalized spacial score (nSPS) is 14.9. The summed E-state index contributed by atoms with van der Waals surface area (Å²) in [5.74, 6) is 0. The minimum Gasteiger partial charge on any atom is -1.00 e. The van der Waals surface area contributed by atoms with Gasteiger partial charge in [0.2, 0.25) is 0 Å². The highest BCUT2D eigenvalue weighted by atomic mass is 79.9. The smallest absolute Gasteiger partial charge is 0.184 e. The lowest BCUT2D eigenvalue weighted by molar-refractivity contribution is -0.697. The standard InChI is InChI=1S/C17H20NO2.BrH/c1-2-5-15(6-3-1)7-4-10-18-11-8-16(9-12-18)17-19-13-14-20-17;/h1-3,5-6,8-9,11-12,17H,4,7,10,13-14H2;1H/q+1;/p-1. The van der Waals surface area contributed by atoms with Gasteiger partial charge in [0.25, 0.3) is 0 Å². The Hall–Kier alpha value is -1.23. The maximum absolute atomic E-state index is 5.49. The van der Waals surface area contributed by atoms with Crippen LogP contribution in [0.15, 0.2) is 54.9 Å². The quantitative estimate of drug-likeness (QED) is 0.689. The number of hydrogen-bond acceptors (Lipinski definition) is 2. The molecule has 1 aromatic carbocycles. The van der Waals surface area contributed by atoms with Gasteiger partial charge in [-0.3, -0.25) is 0 Å². The fourth-order valence-electron chi connectivity index (χ4n) is 2.44. The number of halogens is 1. The number of hydrogen-bond donors (Lipinski definition) is 0. The van der Waals surface area contributed by atoms with Gasteiger partial charge < -0.3 is 26.5 Å². The molecule has 3 rings (SSSR count). The summed E-state index contributed by atoms with van der Waals surface area (Å²) in [4.78, 5) is 0. The Morgan fingerprint density at radius 2 is 1.62 bits per heavy atom. The molecule has 0 unspecified atom stereocenters. The molecule has 0 radical (unpaired) electrons. The predicted octanol–water partition coefficient (Wildman–Crippen LogP) is -0.344. The molecule has 1 aliphatic rings. The Labute approximate surface area is 136 Å². The van der Waals surface area contributed by atoms with Crippen molar-refractivity contribution in [2.24, 2.45) is 0 Å². The number of aromatic nitrogens is 1. The highest BCUT2D eigenvalue weighted by Crippen LogP contribution is 2.21. The minimum absolute atomic E-state index is 0. The predicted molar refractivity (Wildman–Crippen MR) is 76.0 cm³/mol. The van der Waals surface area contributed by atoms with Crippen LogP contribution in [0.25, 0.3) is 0 Å². The summed E-state index contributed by atoms with van der Waals surface area (Å²) >= 11 is 0. The third kappa shape index (κ3) is 4.63. The molecule has 0 amide bonds. The van der Waals surface area contributed by atoms with Crippen molar-refractivity contribution < 1.29 is 31.0 Å². The fourth-order valence-corrected chi connectivity index (χ4v) is 2.44. The third-order valence-corrected chi connectivity index (χ3v) is 3.54. The minimum atomic E-state index is -0.172. The van der Waals surface area contributed by atoms with Crippen molar-refractivity contribution >= 4 is 0 Å². The van der Waals surface area contributed by atoms with E-state index in [9.17, 15) is 0 Å². The van der Waals surface area contributed by atoms with Crippen LogP contribution in [0.3, 0.4) is 0 Å². The topological polar surface area (TPSA) is 22.3 Å². The lowest BCUT2D eigenvalue weighted by Crippen LogP contribution is -3.00. The molecule has 0 saturated carbocycles. The first-order valence-electron chi connectivity index (χ1n) is 7.18.